The molecule has 4 nitrogen and oxygen atoms in total. The number of fused-ring (bicyclic) bond motifs is 3. The summed E-state index contributed by atoms with van der Waals surface area (Å²) < 4.78 is 5.32. The van der Waals surface area contributed by atoms with Gasteiger partial charge in [-0.2, -0.15) is 0 Å². The van der Waals surface area contributed by atoms with Crippen molar-refractivity contribution in [3.05, 3.63) is 28.6 Å². The fraction of sp³-hybridized carbons (Fsp3) is 0.524. The Balaban J connectivity index is 0.00000261. The zero-order chi connectivity index (χ0) is 18.4. The molecular formula is C21H28CoN2O2S+2. The van der Waals surface area contributed by atoms with E-state index in [-0.39, 0.29) is 22.7 Å². The second kappa shape index (κ2) is 10.8. The predicted molar refractivity (Wildman–Crippen MR) is 108 cm³/mol. The minimum Gasteiger partial charge on any atom is -0.497 e. The van der Waals surface area contributed by atoms with Crippen molar-refractivity contribution in [2.75, 3.05) is 12.4 Å². The fourth-order valence-corrected chi connectivity index (χ4v) is 4.41. The molecule has 2 aromatic rings. The molecule has 0 saturated carbocycles. The number of carbonyl (C=O) groups is 1. The maximum absolute atomic E-state index is 12.2. The van der Waals surface area contributed by atoms with E-state index in [2.05, 4.69) is 24.4 Å². The zero-order valence-corrected chi connectivity index (χ0v) is 18.0. The van der Waals surface area contributed by atoms with E-state index in [4.69, 9.17) is 9.72 Å². The van der Waals surface area contributed by atoms with Gasteiger partial charge in [0, 0.05) is 16.9 Å². The molecule has 1 aromatic carbocycles. The van der Waals surface area contributed by atoms with Crippen LogP contribution in [0.2, 0.25) is 0 Å². The Labute approximate surface area is 176 Å². The quantitative estimate of drug-likeness (QED) is 0.526. The van der Waals surface area contributed by atoms with E-state index in [1.807, 2.05) is 6.07 Å². The molecule has 1 heterocycles. The molecule has 1 N–H and O–H groups in total. The molecule has 1 amide bonds. The number of carbonyl (C=O) groups excluding carboxylic acids is 1. The first-order valence-corrected chi connectivity index (χ1v) is 10.5. The summed E-state index contributed by atoms with van der Waals surface area (Å²) in [5.41, 5.74) is 3.46. The molecule has 1 aromatic heterocycles. The molecule has 0 fully saturated rings. The number of aromatic nitrogens is 1. The van der Waals surface area contributed by atoms with Crippen LogP contribution in [0.5, 0.6) is 5.75 Å². The van der Waals surface area contributed by atoms with Gasteiger partial charge in [-0.25, -0.2) is 4.98 Å². The van der Waals surface area contributed by atoms with Crippen LogP contribution in [0.25, 0.3) is 11.3 Å². The van der Waals surface area contributed by atoms with Crippen molar-refractivity contribution in [2.24, 2.45) is 0 Å². The number of ether oxygens (including phenoxy) is 1. The van der Waals surface area contributed by atoms with Crippen molar-refractivity contribution in [1.29, 1.82) is 0 Å². The molecule has 27 heavy (non-hydrogen) atoms. The number of nitrogens with zero attached hydrogens (tertiary/aromatic N) is 1. The summed E-state index contributed by atoms with van der Waals surface area (Å²) in [6, 6.07) is 6.15. The van der Waals surface area contributed by atoms with Crippen molar-refractivity contribution in [1.82, 2.24) is 4.98 Å². The van der Waals surface area contributed by atoms with Gasteiger partial charge in [0.1, 0.15) is 5.75 Å². The molecule has 0 unspecified atom stereocenters. The number of unbranched alkanes of at least 4 members (excludes halogenated alkanes) is 5. The molecule has 0 atom stereocenters. The predicted octanol–water partition coefficient (Wildman–Crippen LogP) is 5.60. The number of anilines is 1. The molecule has 6 heteroatoms. The van der Waals surface area contributed by atoms with E-state index in [1.165, 1.54) is 41.7 Å². The number of thiazole rings is 1. The Kier molecular flexibility index (Phi) is 8.79. The minimum atomic E-state index is 0. The van der Waals surface area contributed by atoms with E-state index >= 15 is 0 Å². The van der Waals surface area contributed by atoms with Crippen molar-refractivity contribution in [3.8, 4) is 17.0 Å². The molecule has 0 spiro atoms. The normalized spacial score (nSPS) is 11.9. The minimum absolute atomic E-state index is 0. The molecule has 3 rings (SSSR count). The van der Waals surface area contributed by atoms with E-state index < -0.39 is 0 Å². The number of rotatable bonds is 9. The Morgan fingerprint density at radius 1 is 1.19 bits per heavy atom. The van der Waals surface area contributed by atoms with Crippen LogP contribution in [0, 0.1) is 0 Å². The first-order valence-electron chi connectivity index (χ1n) is 9.68. The largest absolute Gasteiger partial charge is 2.00 e. The SMILES string of the molecule is CCCCCCCCC(=O)Nc1nc2c(s1)CCc1cc(OC)ccc1-2.[Co+2]. The number of nitrogens with one attached hydrogen (secondary N) is 1. The number of methoxy groups -OCH3 is 1. The van der Waals surface area contributed by atoms with Gasteiger partial charge >= 0.3 is 16.8 Å². The van der Waals surface area contributed by atoms with Gasteiger partial charge in [-0.05, 0) is 43.0 Å². The summed E-state index contributed by atoms with van der Waals surface area (Å²) in [5.74, 6) is 0.969. The molecule has 0 aliphatic heterocycles. The topological polar surface area (TPSA) is 51.2 Å². The standard InChI is InChI=1S/C21H28N2O2S.Co/c1-3-4-5-6-7-8-9-19(24)22-21-23-20-17-12-11-16(25-2)14-15(17)10-13-18(20)26-21;/h11-12,14H,3-10,13H2,1-2H3,(H,22,23,24);/q;+2. The molecule has 147 valence electrons. The van der Waals surface area contributed by atoms with Crippen LogP contribution in [-0.2, 0) is 34.4 Å². The average molecular weight is 431 g/mol. The van der Waals surface area contributed by atoms with Gasteiger partial charge in [-0.1, -0.05) is 39.0 Å². The number of amides is 1. The molecule has 1 aliphatic carbocycles. The number of benzene rings is 1. The summed E-state index contributed by atoms with van der Waals surface area (Å²) in [7, 11) is 1.69. The summed E-state index contributed by atoms with van der Waals surface area (Å²) in [5, 5.41) is 3.73. The van der Waals surface area contributed by atoms with Crippen LogP contribution in [0.1, 0.15) is 62.3 Å². The van der Waals surface area contributed by atoms with E-state index in [1.54, 1.807) is 18.4 Å². The van der Waals surface area contributed by atoms with Gasteiger partial charge in [0.05, 0.1) is 12.8 Å². The zero-order valence-electron chi connectivity index (χ0n) is 16.1. The Bertz CT molecular complexity index is 761. The first-order chi connectivity index (χ1) is 12.7. The average Bonchev–Trinajstić information content (AvgIpc) is 3.06. The maximum atomic E-state index is 12.2. The maximum Gasteiger partial charge on any atom is 2.00 e. The third kappa shape index (κ3) is 5.80. The van der Waals surface area contributed by atoms with Crippen molar-refractivity contribution in [2.45, 2.75) is 64.7 Å². The monoisotopic (exact) mass is 431 g/mol. The van der Waals surface area contributed by atoms with Crippen molar-refractivity contribution >= 4 is 22.4 Å². The third-order valence-corrected chi connectivity index (χ3v) is 5.92. The van der Waals surface area contributed by atoms with Crippen molar-refractivity contribution in [3.63, 3.8) is 0 Å². The van der Waals surface area contributed by atoms with Gasteiger partial charge in [0.15, 0.2) is 5.13 Å². The van der Waals surface area contributed by atoms with Gasteiger partial charge in [-0.15, -0.1) is 11.3 Å². The van der Waals surface area contributed by atoms with E-state index in [9.17, 15) is 4.79 Å². The molecule has 0 bridgehead atoms. The van der Waals surface area contributed by atoms with Gasteiger partial charge in [-0.3, -0.25) is 4.79 Å². The molecule has 1 aliphatic rings. The molecule has 0 saturated heterocycles. The van der Waals surface area contributed by atoms with Crippen LogP contribution in [0.3, 0.4) is 0 Å². The Hall–Kier alpha value is -1.37. The summed E-state index contributed by atoms with van der Waals surface area (Å²) in [4.78, 5) is 18.1. The van der Waals surface area contributed by atoms with Gasteiger partial charge < -0.3 is 10.1 Å². The van der Waals surface area contributed by atoms with Crippen LogP contribution in [0.15, 0.2) is 18.2 Å². The van der Waals surface area contributed by atoms with E-state index in [0.717, 1.165) is 42.3 Å². The smallest absolute Gasteiger partial charge is 0.497 e. The Morgan fingerprint density at radius 2 is 1.96 bits per heavy atom. The molecule has 1 radical (unpaired) electrons. The fourth-order valence-electron chi connectivity index (χ4n) is 3.42. The summed E-state index contributed by atoms with van der Waals surface area (Å²) in [6.07, 6.45) is 9.71. The van der Waals surface area contributed by atoms with Crippen molar-refractivity contribution < 1.29 is 26.3 Å². The third-order valence-electron chi connectivity index (χ3n) is 4.89. The van der Waals surface area contributed by atoms with Crippen LogP contribution < -0.4 is 10.1 Å². The van der Waals surface area contributed by atoms with Crippen LogP contribution in [-0.4, -0.2) is 18.0 Å². The van der Waals surface area contributed by atoms with E-state index in [0.29, 0.717) is 6.42 Å². The number of hydrogen-bond acceptors (Lipinski definition) is 4. The van der Waals surface area contributed by atoms with Gasteiger partial charge in [0.2, 0.25) is 5.91 Å². The second-order valence-corrected chi connectivity index (χ2v) is 7.96. The Morgan fingerprint density at radius 3 is 2.74 bits per heavy atom. The summed E-state index contributed by atoms with van der Waals surface area (Å²) >= 11 is 1.61. The van der Waals surface area contributed by atoms with Gasteiger partial charge in [0.25, 0.3) is 0 Å². The first kappa shape index (κ1) is 21.9. The number of aryl methyl sites for hydroxylation is 2. The second-order valence-electron chi connectivity index (χ2n) is 6.88. The number of hydrogen-bond donors (Lipinski definition) is 1. The van der Waals surface area contributed by atoms with Crippen LogP contribution >= 0.6 is 11.3 Å². The molecular weight excluding hydrogens is 403 g/mol. The van der Waals surface area contributed by atoms with Crippen LogP contribution in [0.4, 0.5) is 5.13 Å². The summed E-state index contributed by atoms with van der Waals surface area (Å²) in [6.45, 7) is 2.22.